The molecule has 0 saturated heterocycles. The summed E-state index contributed by atoms with van der Waals surface area (Å²) in [6, 6.07) is 0. The molecule has 0 aromatic carbocycles. The molecule has 0 aliphatic rings. The molecule has 1 N–H and O–H groups in total. The second-order valence-corrected chi connectivity index (χ2v) is 25.5. The number of rotatable bonds is 67. The molecule has 0 saturated carbocycles. The molecule has 0 rings (SSSR count). The van der Waals surface area contributed by atoms with E-state index >= 15 is 0 Å². The Kier molecular flexibility index (Phi) is 65.2. The van der Waals surface area contributed by atoms with Crippen molar-refractivity contribution in [3.8, 4) is 0 Å². The number of likely N-dealkylation sites (N-methyl/N-ethyl adjacent to an activating group) is 1. The molecule has 0 heterocycles. The highest BCUT2D eigenvalue weighted by Crippen LogP contribution is 2.18. The smallest absolute Gasteiger partial charge is 0.361 e. The van der Waals surface area contributed by atoms with E-state index in [1.54, 1.807) is 0 Å². The van der Waals surface area contributed by atoms with Crippen LogP contribution in [0.4, 0.5) is 0 Å². The predicted molar refractivity (Wildman–Crippen MR) is 373 cm³/mol. The Balaban J connectivity index is 4.05. The molecule has 0 bridgehead atoms. The van der Waals surface area contributed by atoms with Crippen LogP contribution >= 0.6 is 0 Å². The fourth-order valence-electron chi connectivity index (χ4n) is 10.4. The van der Waals surface area contributed by atoms with E-state index < -0.39 is 24.3 Å². The summed E-state index contributed by atoms with van der Waals surface area (Å²) in [6.07, 6.45) is 91.0. The van der Waals surface area contributed by atoms with E-state index in [2.05, 4.69) is 111 Å². The third kappa shape index (κ3) is 69.5. The molecule has 0 spiro atoms. The second kappa shape index (κ2) is 68.1. The maximum Gasteiger partial charge on any atom is 0.361 e. The number of hydrogen-bond donors (Lipinski definition) is 1. The number of carboxylic acid groups (broad SMARTS) is 1. The van der Waals surface area contributed by atoms with Gasteiger partial charge in [0.05, 0.1) is 34.4 Å². The Morgan fingerprint density at radius 1 is 0.345 bits per heavy atom. The van der Waals surface area contributed by atoms with Gasteiger partial charge >= 0.3 is 17.9 Å². The van der Waals surface area contributed by atoms with E-state index in [4.69, 9.17) is 18.9 Å². The van der Waals surface area contributed by atoms with Crippen molar-refractivity contribution >= 4 is 17.9 Å². The van der Waals surface area contributed by atoms with Crippen molar-refractivity contribution < 1.29 is 42.9 Å². The highest BCUT2D eigenvalue weighted by Gasteiger charge is 2.25. The Hall–Kier alpha value is -3.79. The van der Waals surface area contributed by atoms with Crippen molar-refractivity contribution in [1.29, 1.82) is 0 Å². The van der Waals surface area contributed by atoms with Gasteiger partial charge in [0, 0.05) is 12.8 Å². The highest BCUT2D eigenvalue weighted by atomic mass is 16.7. The third-order valence-electron chi connectivity index (χ3n) is 15.8. The van der Waals surface area contributed by atoms with E-state index in [0.717, 1.165) is 89.9 Å². The van der Waals surface area contributed by atoms with Crippen LogP contribution in [0.3, 0.4) is 0 Å². The van der Waals surface area contributed by atoms with Crippen molar-refractivity contribution in [2.75, 3.05) is 47.5 Å². The molecule has 87 heavy (non-hydrogen) atoms. The van der Waals surface area contributed by atoms with Crippen LogP contribution in [0.2, 0.25) is 0 Å². The summed E-state index contributed by atoms with van der Waals surface area (Å²) in [4.78, 5) is 37.7. The first kappa shape index (κ1) is 83.2. The van der Waals surface area contributed by atoms with Gasteiger partial charge in [-0.15, -0.1) is 0 Å². The zero-order valence-electron chi connectivity index (χ0n) is 57.4. The number of ether oxygens (including phenoxy) is 4. The monoisotopic (exact) mass is 1220 g/mol. The van der Waals surface area contributed by atoms with Crippen molar-refractivity contribution in [3.05, 3.63) is 97.2 Å². The first-order chi connectivity index (χ1) is 42.6. The van der Waals surface area contributed by atoms with Crippen LogP contribution in [0.5, 0.6) is 0 Å². The number of carbonyl (C=O) groups excluding carboxylic acids is 2. The number of carboxylic acids is 1. The lowest BCUT2D eigenvalue weighted by Gasteiger charge is -2.25. The summed E-state index contributed by atoms with van der Waals surface area (Å²) in [5.74, 6) is -1.99. The molecule has 0 aromatic rings. The van der Waals surface area contributed by atoms with Gasteiger partial charge < -0.3 is 28.5 Å². The molecule has 2 atom stereocenters. The fraction of sp³-hybridized carbons (Fsp3) is 0.756. The van der Waals surface area contributed by atoms with Gasteiger partial charge in [0.15, 0.2) is 6.10 Å². The van der Waals surface area contributed by atoms with Crippen molar-refractivity contribution in [1.82, 2.24) is 0 Å². The Bertz CT molecular complexity index is 1750. The van der Waals surface area contributed by atoms with E-state index in [1.165, 1.54) is 205 Å². The number of aliphatic carboxylic acids is 1. The van der Waals surface area contributed by atoms with Crippen LogP contribution in [-0.4, -0.2) is 87.4 Å². The van der Waals surface area contributed by atoms with E-state index in [1.807, 2.05) is 21.1 Å². The molecule has 0 aromatic heterocycles. The Morgan fingerprint density at radius 3 is 0.920 bits per heavy atom. The maximum absolute atomic E-state index is 13.0. The van der Waals surface area contributed by atoms with Crippen LogP contribution in [0.25, 0.3) is 0 Å². The third-order valence-corrected chi connectivity index (χ3v) is 15.8. The van der Waals surface area contributed by atoms with Gasteiger partial charge in [-0.25, -0.2) is 4.79 Å². The summed E-state index contributed by atoms with van der Waals surface area (Å²) in [7, 11) is 5.98. The van der Waals surface area contributed by atoms with Crippen LogP contribution in [0.1, 0.15) is 322 Å². The summed E-state index contributed by atoms with van der Waals surface area (Å²) in [6.45, 7) is 4.69. The molecule has 0 fully saturated rings. The molecule has 9 nitrogen and oxygen atoms in total. The van der Waals surface area contributed by atoms with Gasteiger partial charge in [-0.1, -0.05) is 317 Å². The standard InChI is InChI=1S/C78H137NO8/c1-6-8-10-12-14-16-18-20-22-24-26-28-30-32-34-35-36-37-38-39-40-41-43-45-47-49-51-53-55-57-59-61-63-65-67-69-76(81)87-74(73-86-78(77(82)83)84-71-70-79(3,4)5)72-85-75(80)68-66-64-62-60-58-56-54-52-50-48-46-44-42-33-31-29-27-25-23-21-19-17-15-13-11-9-7-2/h8-11,14-17,20-23,26-29,74,78H,6-7,12-13,18-19,24-25,30-73H2,1-5H3/p+1/b10-8-,11-9-,16-14-,17-15-,22-20-,23-21-,28-26-,29-27-. The van der Waals surface area contributed by atoms with E-state index in [0.29, 0.717) is 17.4 Å². The zero-order valence-corrected chi connectivity index (χ0v) is 57.4. The van der Waals surface area contributed by atoms with Crippen molar-refractivity contribution in [3.63, 3.8) is 0 Å². The lowest BCUT2D eigenvalue weighted by atomic mass is 10.0. The highest BCUT2D eigenvalue weighted by molar-refractivity contribution is 5.71. The summed E-state index contributed by atoms with van der Waals surface area (Å²) in [5.41, 5.74) is 0. The van der Waals surface area contributed by atoms with Crippen LogP contribution < -0.4 is 0 Å². The van der Waals surface area contributed by atoms with E-state index in [9.17, 15) is 19.5 Å². The Morgan fingerprint density at radius 2 is 0.621 bits per heavy atom. The van der Waals surface area contributed by atoms with Gasteiger partial charge in [0.1, 0.15) is 13.2 Å². The molecule has 0 aliphatic heterocycles. The minimum Gasteiger partial charge on any atom is -0.477 e. The number of esters is 2. The number of quaternary nitrogens is 1. The normalized spacial score (nSPS) is 13.3. The Labute approximate surface area is 537 Å². The average Bonchev–Trinajstić information content (AvgIpc) is 3.56. The molecule has 0 aliphatic carbocycles. The minimum atomic E-state index is -1.51. The maximum atomic E-state index is 13.0. The number of allylic oxidation sites excluding steroid dienone is 16. The quantitative estimate of drug-likeness (QED) is 0.0211. The predicted octanol–water partition coefficient (Wildman–Crippen LogP) is 22.8. The number of nitrogens with zero attached hydrogens (tertiary/aromatic N) is 1. The average molecular weight is 1220 g/mol. The van der Waals surface area contributed by atoms with E-state index in [-0.39, 0.29) is 32.2 Å². The van der Waals surface area contributed by atoms with Gasteiger partial charge in [0.25, 0.3) is 6.29 Å². The first-order valence-corrected chi connectivity index (χ1v) is 36.4. The first-order valence-electron chi connectivity index (χ1n) is 36.4. The number of carbonyl (C=O) groups is 3. The molecule has 2 unspecified atom stereocenters. The lowest BCUT2D eigenvalue weighted by Crippen LogP contribution is -2.40. The van der Waals surface area contributed by atoms with Crippen molar-refractivity contribution in [2.24, 2.45) is 0 Å². The van der Waals surface area contributed by atoms with Gasteiger partial charge in [0.2, 0.25) is 0 Å². The molecule has 9 heteroatoms. The van der Waals surface area contributed by atoms with Crippen LogP contribution in [0.15, 0.2) is 97.2 Å². The summed E-state index contributed by atoms with van der Waals surface area (Å²) < 4.78 is 23.0. The molecular formula is C78H138NO8+. The second-order valence-electron chi connectivity index (χ2n) is 25.5. The fourth-order valence-corrected chi connectivity index (χ4v) is 10.4. The zero-order chi connectivity index (χ0) is 63.3. The molecular weight excluding hydrogens is 1080 g/mol. The van der Waals surface area contributed by atoms with Gasteiger partial charge in [-0.3, -0.25) is 9.59 Å². The van der Waals surface area contributed by atoms with Crippen molar-refractivity contribution in [2.45, 2.75) is 334 Å². The molecule has 0 radical (unpaired) electrons. The molecule has 0 amide bonds. The largest absolute Gasteiger partial charge is 0.477 e. The SMILES string of the molecule is CC/C=C\C/C=C\C/C=C\C/C=C\CCCCCCCCCCCCCCCCCCCCCCCCC(=O)OC(COC(=O)CCCCCCCCCCCCCCCC/C=C\C/C=C\C/C=C\C/C=C\CC)COC(OCC[N+](C)(C)C)C(=O)O. The van der Waals surface area contributed by atoms with Gasteiger partial charge in [-0.2, -0.15) is 0 Å². The minimum absolute atomic E-state index is 0.182. The van der Waals surface area contributed by atoms with Gasteiger partial charge in [-0.05, 0) is 89.9 Å². The number of hydrogen-bond acceptors (Lipinski definition) is 7. The topological polar surface area (TPSA) is 108 Å². The van der Waals surface area contributed by atoms with Crippen LogP contribution in [-0.2, 0) is 33.3 Å². The van der Waals surface area contributed by atoms with Crippen LogP contribution in [0, 0.1) is 0 Å². The number of unbranched alkanes of at least 4 members (excludes halogenated alkanes) is 36. The summed E-state index contributed by atoms with van der Waals surface area (Å²) >= 11 is 0. The summed E-state index contributed by atoms with van der Waals surface area (Å²) in [5, 5.41) is 9.76. The molecule has 502 valence electrons. The lowest BCUT2D eigenvalue weighted by molar-refractivity contribution is -0.870.